The van der Waals surface area contributed by atoms with E-state index in [1.54, 1.807) is 35.5 Å². The number of amides is 3. The number of piperidine rings is 1. The van der Waals surface area contributed by atoms with Gasteiger partial charge in [-0.1, -0.05) is 47.1 Å². The van der Waals surface area contributed by atoms with Crippen molar-refractivity contribution in [3.8, 4) is 0 Å². The Hall–Kier alpha value is -2.15. The summed E-state index contributed by atoms with van der Waals surface area (Å²) >= 11 is 1.60. The first kappa shape index (κ1) is 41.0. The van der Waals surface area contributed by atoms with Crippen molar-refractivity contribution < 1.29 is 29.0 Å². The summed E-state index contributed by atoms with van der Waals surface area (Å²) < 4.78 is 4.93. The zero-order valence-corrected chi connectivity index (χ0v) is 31.6. The molecule has 0 aromatic heterocycles. The fourth-order valence-electron chi connectivity index (χ4n) is 6.73. The van der Waals surface area contributed by atoms with E-state index in [0.717, 1.165) is 32.2 Å². The molecule has 6 atom stereocenters. The topological polar surface area (TPSA) is 132 Å². The highest BCUT2D eigenvalue weighted by molar-refractivity contribution is 7.98. The third kappa shape index (κ3) is 11.2. The van der Waals surface area contributed by atoms with Crippen LogP contribution < -0.4 is 10.6 Å². The summed E-state index contributed by atoms with van der Waals surface area (Å²) in [5.41, 5.74) is -0.0708. The number of esters is 1. The monoisotopic (exact) mass is 681 g/mol. The molecule has 3 N–H and O–H groups in total. The highest BCUT2D eigenvalue weighted by Gasteiger charge is 2.41. The number of methoxy groups -OCH3 is 1. The van der Waals surface area contributed by atoms with Crippen molar-refractivity contribution in [1.82, 2.24) is 25.3 Å². The van der Waals surface area contributed by atoms with E-state index < -0.39 is 41.8 Å². The maximum atomic E-state index is 14.2. The SMILES string of the molecule is COC(=O)C(CCSC)N[C@@H](O)C1CCCN1C(=O)/C(C)=C/C(C(C)C)N(C)C(=O)C(NC(=O)C1CCCCN1C(C)C)C(C)(C)C. The zero-order valence-electron chi connectivity index (χ0n) is 30.8. The third-order valence-electron chi connectivity index (χ3n) is 9.54. The molecule has 270 valence electrons. The number of ether oxygens (including phenoxy) is 1. The molecule has 0 aliphatic carbocycles. The van der Waals surface area contributed by atoms with Crippen molar-refractivity contribution in [3.63, 3.8) is 0 Å². The summed E-state index contributed by atoms with van der Waals surface area (Å²) in [6.07, 6.45) is 7.31. The number of carbonyl (C=O) groups is 4. The van der Waals surface area contributed by atoms with E-state index in [-0.39, 0.29) is 35.7 Å². The molecule has 2 rings (SSSR count). The summed E-state index contributed by atoms with van der Waals surface area (Å²) in [5, 5.41) is 17.2. The lowest BCUT2D eigenvalue weighted by Gasteiger charge is -2.41. The second-order valence-corrected chi connectivity index (χ2v) is 15.8. The first-order valence-corrected chi connectivity index (χ1v) is 18.7. The summed E-state index contributed by atoms with van der Waals surface area (Å²) in [6.45, 7) is 17.2. The van der Waals surface area contributed by atoms with Crippen molar-refractivity contribution >= 4 is 35.5 Å². The smallest absolute Gasteiger partial charge is 0.322 e. The van der Waals surface area contributed by atoms with Crippen LogP contribution in [-0.2, 0) is 23.9 Å². The van der Waals surface area contributed by atoms with Crippen LogP contribution in [0, 0.1) is 11.3 Å². The molecule has 2 saturated heterocycles. The summed E-state index contributed by atoms with van der Waals surface area (Å²) in [6, 6.07) is -2.37. The molecule has 0 saturated carbocycles. The lowest BCUT2D eigenvalue weighted by molar-refractivity contribution is -0.145. The van der Waals surface area contributed by atoms with Gasteiger partial charge in [-0.25, -0.2) is 0 Å². The number of aliphatic hydroxyl groups excluding tert-OH is 1. The Morgan fingerprint density at radius 2 is 1.72 bits per heavy atom. The van der Waals surface area contributed by atoms with Crippen LogP contribution in [0.25, 0.3) is 0 Å². The van der Waals surface area contributed by atoms with Gasteiger partial charge in [0.2, 0.25) is 17.7 Å². The van der Waals surface area contributed by atoms with E-state index in [9.17, 15) is 24.3 Å². The van der Waals surface area contributed by atoms with Crippen LogP contribution in [0.5, 0.6) is 0 Å². The van der Waals surface area contributed by atoms with Gasteiger partial charge in [0.1, 0.15) is 18.3 Å². The Morgan fingerprint density at radius 3 is 2.28 bits per heavy atom. The van der Waals surface area contributed by atoms with Gasteiger partial charge in [0, 0.05) is 25.2 Å². The Balaban J connectivity index is 2.25. The molecule has 12 heteroatoms. The van der Waals surface area contributed by atoms with Crippen LogP contribution in [0.1, 0.15) is 93.9 Å². The minimum absolute atomic E-state index is 0.0170. The van der Waals surface area contributed by atoms with Crippen molar-refractivity contribution in [2.24, 2.45) is 11.3 Å². The lowest BCUT2D eigenvalue weighted by Crippen LogP contribution is -2.60. The van der Waals surface area contributed by atoms with Gasteiger partial charge in [0.15, 0.2) is 0 Å². The van der Waals surface area contributed by atoms with Crippen LogP contribution in [0.2, 0.25) is 0 Å². The van der Waals surface area contributed by atoms with Crippen molar-refractivity contribution in [2.45, 2.75) is 136 Å². The van der Waals surface area contributed by atoms with Gasteiger partial charge in [-0.2, -0.15) is 11.8 Å². The zero-order chi connectivity index (χ0) is 35.6. The molecule has 11 nitrogen and oxygen atoms in total. The number of likely N-dealkylation sites (N-methyl/N-ethyl adjacent to an activating group) is 1. The minimum atomic E-state index is -1.10. The van der Waals surface area contributed by atoms with Gasteiger partial charge in [-0.3, -0.25) is 29.4 Å². The third-order valence-corrected chi connectivity index (χ3v) is 10.2. The molecular weight excluding hydrogens is 618 g/mol. The van der Waals surface area contributed by atoms with Crippen molar-refractivity contribution in [2.75, 3.05) is 39.3 Å². The molecule has 0 bridgehead atoms. The highest BCUT2D eigenvalue weighted by Crippen LogP contribution is 2.27. The van der Waals surface area contributed by atoms with Crippen LogP contribution in [0.15, 0.2) is 11.6 Å². The number of nitrogens with one attached hydrogen (secondary N) is 2. The molecule has 2 aliphatic rings. The molecule has 0 aromatic rings. The molecule has 2 fully saturated rings. The largest absolute Gasteiger partial charge is 0.468 e. The van der Waals surface area contributed by atoms with E-state index >= 15 is 0 Å². The number of nitrogens with zero attached hydrogens (tertiary/aromatic N) is 3. The van der Waals surface area contributed by atoms with Crippen molar-refractivity contribution in [1.29, 1.82) is 0 Å². The predicted molar refractivity (Wildman–Crippen MR) is 189 cm³/mol. The molecule has 0 radical (unpaired) electrons. The van der Waals surface area contributed by atoms with Gasteiger partial charge in [0.05, 0.1) is 25.2 Å². The quantitative estimate of drug-likeness (QED) is 0.135. The lowest BCUT2D eigenvalue weighted by atomic mass is 9.84. The fourth-order valence-corrected chi connectivity index (χ4v) is 7.21. The number of rotatable bonds is 15. The van der Waals surface area contributed by atoms with Crippen molar-refractivity contribution in [3.05, 3.63) is 11.6 Å². The van der Waals surface area contributed by atoms with E-state index in [1.807, 2.05) is 47.0 Å². The van der Waals surface area contributed by atoms with E-state index in [4.69, 9.17) is 4.74 Å². The second kappa shape index (κ2) is 18.6. The van der Waals surface area contributed by atoms with E-state index in [0.29, 0.717) is 30.7 Å². The van der Waals surface area contributed by atoms with Crippen LogP contribution in [-0.4, -0.2) is 125 Å². The van der Waals surface area contributed by atoms with Crippen LogP contribution in [0.3, 0.4) is 0 Å². The molecule has 0 spiro atoms. The van der Waals surface area contributed by atoms with Gasteiger partial charge in [-0.15, -0.1) is 0 Å². The Bertz CT molecular complexity index is 1090. The second-order valence-electron chi connectivity index (χ2n) is 14.9. The molecular formula is C35H63N5O6S. The average molecular weight is 682 g/mol. The van der Waals surface area contributed by atoms with E-state index in [1.165, 1.54) is 7.11 Å². The Kier molecular flexibility index (Phi) is 16.2. The molecule has 0 aromatic carbocycles. The predicted octanol–water partition coefficient (Wildman–Crippen LogP) is 3.40. The van der Waals surface area contributed by atoms with Crippen LogP contribution in [0.4, 0.5) is 0 Å². The molecule has 5 unspecified atom stereocenters. The summed E-state index contributed by atoms with van der Waals surface area (Å²) in [7, 11) is 3.06. The maximum Gasteiger partial charge on any atom is 0.322 e. The standard InChI is InChI=1S/C35H63N5O6S/c1-22(2)28(38(9)33(44)29(35(6,7)8)37-31(42)26-15-12-13-18-39(26)23(3)4)21-24(5)32(43)40-19-14-16-27(40)30(41)36-25(17-20-47-11)34(45)46-10/h21-23,25-30,36,41H,12-20H2,1-11H3,(H,37,42)/b24-21+/t25?,26?,27?,28?,29?,30-/m0/s1. The summed E-state index contributed by atoms with van der Waals surface area (Å²) in [5.74, 6) is -0.280. The number of thioether (sulfide) groups is 1. The normalized spacial score (nSPS) is 22.2. The number of carbonyl (C=O) groups excluding carboxylic acids is 4. The van der Waals surface area contributed by atoms with Gasteiger partial charge < -0.3 is 25.0 Å². The first-order valence-electron chi connectivity index (χ1n) is 17.3. The van der Waals surface area contributed by atoms with Gasteiger partial charge in [-0.05, 0) is 82.8 Å². The van der Waals surface area contributed by atoms with Gasteiger partial charge >= 0.3 is 5.97 Å². The fraction of sp³-hybridized carbons (Fsp3) is 0.829. The minimum Gasteiger partial charge on any atom is -0.468 e. The molecule has 2 heterocycles. The Morgan fingerprint density at radius 1 is 1.06 bits per heavy atom. The number of hydrogen-bond donors (Lipinski definition) is 3. The number of hydrogen-bond acceptors (Lipinski definition) is 9. The average Bonchev–Trinajstić information content (AvgIpc) is 3.52. The van der Waals surface area contributed by atoms with E-state index in [2.05, 4.69) is 29.4 Å². The van der Waals surface area contributed by atoms with Crippen LogP contribution >= 0.6 is 11.8 Å². The molecule has 47 heavy (non-hydrogen) atoms. The maximum absolute atomic E-state index is 14.2. The number of likely N-dealkylation sites (tertiary alicyclic amines) is 2. The molecule has 3 amide bonds. The highest BCUT2D eigenvalue weighted by atomic mass is 32.2. The first-order chi connectivity index (χ1) is 22.0. The number of aliphatic hydroxyl groups is 1. The Labute approximate surface area is 288 Å². The molecule has 2 aliphatic heterocycles. The van der Waals surface area contributed by atoms with Gasteiger partial charge in [0.25, 0.3) is 0 Å². The summed E-state index contributed by atoms with van der Waals surface area (Å²) in [4.78, 5) is 59.5.